The first-order chi connectivity index (χ1) is 14.9. The molecule has 1 aliphatic rings. The van der Waals surface area contributed by atoms with Crippen LogP contribution in [0.4, 0.5) is 0 Å². The van der Waals surface area contributed by atoms with Crippen molar-refractivity contribution in [3.63, 3.8) is 0 Å². The summed E-state index contributed by atoms with van der Waals surface area (Å²) in [6.45, 7) is 11.1. The lowest BCUT2D eigenvalue weighted by molar-refractivity contribution is -0.151. The normalized spacial score (nSPS) is 21.7. The first kappa shape index (κ1) is 23.3. The van der Waals surface area contributed by atoms with Gasteiger partial charge in [0, 0.05) is 35.5 Å². The summed E-state index contributed by atoms with van der Waals surface area (Å²) in [4.78, 5) is 25.1. The lowest BCUT2D eigenvalue weighted by atomic mass is 9.98. The van der Waals surface area contributed by atoms with Crippen molar-refractivity contribution in [1.29, 1.82) is 5.26 Å². The maximum atomic E-state index is 13.1. The van der Waals surface area contributed by atoms with E-state index in [-0.39, 0.29) is 6.61 Å². The molecule has 0 spiro atoms. The molecular weight excluding hydrogens is 404 g/mol. The maximum Gasteiger partial charge on any atom is 0.330 e. The molecule has 0 radical (unpaired) electrons. The van der Waals surface area contributed by atoms with Gasteiger partial charge in [-0.1, -0.05) is 32.1 Å². The number of carbonyl (C=O) groups excluding carboxylic acids is 2. The molecule has 168 valence electrons. The monoisotopic (exact) mass is 434 g/mol. The second-order valence-electron chi connectivity index (χ2n) is 9.74. The number of nitriles is 1. The first-order valence-corrected chi connectivity index (χ1v) is 10.7. The molecular formula is C26H30N2O4. The molecule has 1 aromatic carbocycles. The second-order valence-corrected chi connectivity index (χ2v) is 9.74. The van der Waals surface area contributed by atoms with Crippen molar-refractivity contribution in [2.24, 2.45) is 16.7 Å². The van der Waals surface area contributed by atoms with Crippen molar-refractivity contribution >= 4 is 11.9 Å². The van der Waals surface area contributed by atoms with E-state index in [1.807, 2.05) is 68.1 Å². The molecule has 1 aliphatic carbocycles. The Labute approximate surface area is 189 Å². The van der Waals surface area contributed by atoms with Crippen molar-refractivity contribution in [2.75, 3.05) is 0 Å². The molecule has 1 heterocycles. The molecule has 32 heavy (non-hydrogen) atoms. The standard InChI is InChI=1S/C26H30N2O4/c1-18-19(10-9-11-20(18)28-14-7-8-15-28)16-31-23(30)26(17-27)21(25(26,5)6)12-13-22(29)32-24(2,3)4/h7-15,21H,16H2,1-6H3/t21-,26+/m1/s1. The van der Waals surface area contributed by atoms with E-state index in [1.165, 1.54) is 6.08 Å². The van der Waals surface area contributed by atoms with Gasteiger partial charge in [0.2, 0.25) is 0 Å². The molecule has 2 aromatic rings. The summed E-state index contributed by atoms with van der Waals surface area (Å²) in [5, 5.41) is 9.90. The second kappa shape index (κ2) is 8.31. The van der Waals surface area contributed by atoms with Crippen LogP contribution in [0.25, 0.3) is 5.69 Å². The van der Waals surface area contributed by atoms with Gasteiger partial charge in [-0.3, -0.25) is 4.79 Å². The van der Waals surface area contributed by atoms with E-state index in [1.54, 1.807) is 26.8 Å². The molecule has 0 amide bonds. The van der Waals surface area contributed by atoms with Crippen molar-refractivity contribution in [3.05, 3.63) is 66.0 Å². The largest absolute Gasteiger partial charge is 0.460 e. The first-order valence-electron chi connectivity index (χ1n) is 10.7. The van der Waals surface area contributed by atoms with Gasteiger partial charge < -0.3 is 14.0 Å². The average molecular weight is 435 g/mol. The third-order valence-corrected chi connectivity index (χ3v) is 6.17. The zero-order chi connectivity index (χ0) is 23.7. The van der Waals surface area contributed by atoms with Gasteiger partial charge in [-0.2, -0.15) is 5.26 Å². The third-order valence-electron chi connectivity index (χ3n) is 6.17. The van der Waals surface area contributed by atoms with E-state index in [0.717, 1.165) is 16.8 Å². The van der Waals surface area contributed by atoms with Crippen LogP contribution in [0.5, 0.6) is 0 Å². The smallest absolute Gasteiger partial charge is 0.330 e. The fourth-order valence-corrected chi connectivity index (χ4v) is 4.21. The molecule has 0 N–H and O–H groups in total. The highest BCUT2D eigenvalue weighted by Gasteiger charge is 2.76. The van der Waals surface area contributed by atoms with Crippen molar-refractivity contribution in [3.8, 4) is 11.8 Å². The number of carbonyl (C=O) groups is 2. The third kappa shape index (κ3) is 4.20. The topological polar surface area (TPSA) is 81.3 Å². The van der Waals surface area contributed by atoms with E-state index >= 15 is 0 Å². The van der Waals surface area contributed by atoms with Crippen LogP contribution >= 0.6 is 0 Å². The van der Waals surface area contributed by atoms with Crippen LogP contribution in [0.2, 0.25) is 0 Å². The summed E-state index contributed by atoms with van der Waals surface area (Å²) < 4.78 is 12.9. The van der Waals surface area contributed by atoms with Gasteiger partial charge in [0.25, 0.3) is 0 Å². The summed E-state index contributed by atoms with van der Waals surface area (Å²) in [5.41, 5.74) is 0.273. The van der Waals surface area contributed by atoms with Crippen LogP contribution in [-0.4, -0.2) is 22.1 Å². The maximum absolute atomic E-state index is 13.1. The van der Waals surface area contributed by atoms with Crippen LogP contribution in [-0.2, 0) is 25.7 Å². The summed E-state index contributed by atoms with van der Waals surface area (Å²) >= 11 is 0. The number of benzene rings is 1. The SMILES string of the molecule is Cc1c(COC(=O)[C@]2(C#N)[C@H](C=CC(=O)OC(C)(C)C)C2(C)C)cccc1-n1cccc1. The van der Waals surface area contributed by atoms with Gasteiger partial charge in [0.1, 0.15) is 12.2 Å². The number of allylic oxidation sites excluding steroid dienone is 1. The van der Waals surface area contributed by atoms with E-state index in [9.17, 15) is 14.9 Å². The molecule has 2 atom stereocenters. The summed E-state index contributed by atoms with van der Waals surface area (Å²) in [7, 11) is 0. The van der Waals surface area contributed by atoms with E-state index < -0.39 is 34.3 Å². The van der Waals surface area contributed by atoms with E-state index in [2.05, 4.69) is 6.07 Å². The van der Waals surface area contributed by atoms with Gasteiger partial charge in [-0.15, -0.1) is 0 Å². The molecule has 0 saturated heterocycles. The molecule has 1 fully saturated rings. The Balaban J connectivity index is 1.73. The molecule has 3 rings (SSSR count). The number of aromatic nitrogens is 1. The molecule has 0 unspecified atom stereocenters. The molecule has 1 saturated carbocycles. The Bertz CT molecular complexity index is 1080. The lowest BCUT2D eigenvalue weighted by Crippen LogP contribution is -2.23. The fraction of sp³-hybridized carbons (Fsp3) is 0.423. The fourth-order valence-electron chi connectivity index (χ4n) is 4.21. The predicted molar refractivity (Wildman–Crippen MR) is 121 cm³/mol. The number of nitrogens with zero attached hydrogens (tertiary/aromatic N) is 2. The molecule has 0 aliphatic heterocycles. The molecule has 6 nitrogen and oxygen atoms in total. The van der Waals surface area contributed by atoms with Crippen molar-refractivity contribution in [2.45, 2.75) is 53.8 Å². The van der Waals surface area contributed by atoms with Crippen LogP contribution in [0.3, 0.4) is 0 Å². The van der Waals surface area contributed by atoms with Crippen molar-refractivity contribution in [1.82, 2.24) is 4.57 Å². The predicted octanol–water partition coefficient (Wildman–Crippen LogP) is 4.89. The minimum Gasteiger partial charge on any atom is -0.460 e. The van der Waals surface area contributed by atoms with Crippen LogP contribution < -0.4 is 0 Å². The molecule has 6 heteroatoms. The highest BCUT2D eigenvalue weighted by molar-refractivity contribution is 5.88. The number of hydrogen-bond acceptors (Lipinski definition) is 5. The quantitative estimate of drug-likeness (QED) is 0.477. The average Bonchev–Trinajstić information content (AvgIpc) is 3.02. The van der Waals surface area contributed by atoms with Crippen molar-refractivity contribution < 1.29 is 19.1 Å². The van der Waals surface area contributed by atoms with Gasteiger partial charge >= 0.3 is 11.9 Å². The van der Waals surface area contributed by atoms with E-state index in [4.69, 9.17) is 9.47 Å². The minimum absolute atomic E-state index is 0.0712. The number of rotatable bonds is 6. The highest BCUT2D eigenvalue weighted by atomic mass is 16.6. The Morgan fingerprint density at radius 3 is 2.44 bits per heavy atom. The molecule has 1 aromatic heterocycles. The zero-order valence-electron chi connectivity index (χ0n) is 19.5. The van der Waals surface area contributed by atoms with Gasteiger partial charge in [-0.25, -0.2) is 4.79 Å². The summed E-state index contributed by atoms with van der Waals surface area (Å²) in [6, 6.07) is 11.9. The van der Waals surface area contributed by atoms with Crippen LogP contribution in [0.15, 0.2) is 54.9 Å². The van der Waals surface area contributed by atoms with E-state index in [0.29, 0.717) is 0 Å². The van der Waals surface area contributed by atoms with Gasteiger partial charge in [0.05, 0.1) is 6.07 Å². The summed E-state index contributed by atoms with van der Waals surface area (Å²) in [5.74, 6) is -1.51. The van der Waals surface area contributed by atoms with Crippen LogP contribution in [0, 0.1) is 35.0 Å². The number of ether oxygens (including phenoxy) is 2. The van der Waals surface area contributed by atoms with Gasteiger partial charge in [0.15, 0.2) is 5.41 Å². The Morgan fingerprint density at radius 2 is 1.84 bits per heavy atom. The Hall–Kier alpha value is -3.33. The number of esters is 2. The molecule has 0 bridgehead atoms. The number of hydrogen-bond donors (Lipinski definition) is 0. The zero-order valence-corrected chi connectivity index (χ0v) is 19.5. The minimum atomic E-state index is -1.34. The Morgan fingerprint density at radius 1 is 1.19 bits per heavy atom. The van der Waals surface area contributed by atoms with Crippen LogP contribution in [0.1, 0.15) is 45.7 Å². The lowest BCUT2D eigenvalue weighted by Gasteiger charge is -2.17. The van der Waals surface area contributed by atoms with Gasteiger partial charge in [-0.05, 0) is 57.0 Å². The summed E-state index contributed by atoms with van der Waals surface area (Å²) in [6.07, 6.45) is 6.80. The highest BCUT2D eigenvalue weighted by Crippen LogP contribution is 2.69. The Kier molecular flexibility index (Phi) is 6.06.